The van der Waals surface area contributed by atoms with Crippen LogP contribution in [0.15, 0.2) is 36.4 Å². The number of carbonyl (C=O) groups excluding carboxylic acids is 3. The quantitative estimate of drug-likeness (QED) is 0.488. The third-order valence-electron chi connectivity index (χ3n) is 10.2. The maximum absolute atomic E-state index is 14.2. The van der Waals surface area contributed by atoms with Crippen LogP contribution in [0.25, 0.3) is 0 Å². The largest absolute Gasteiger partial charge is 0.359 e. The number of ether oxygens (including phenoxy) is 1. The summed E-state index contributed by atoms with van der Waals surface area (Å²) in [6.45, 7) is 7.63. The molecule has 3 saturated heterocycles. The number of nitrogens with zero attached hydrogens (tertiary/aromatic N) is 2. The van der Waals surface area contributed by atoms with E-state index >= 15 is 0 Å². The van der Waals surface area contributed by atoms with Gasteiger partial charge in [-0.3, -0.25) is 14.4 Å². The molecule has 4 fully saturated rings. The molecule has 5 aliphatic rings. The molecule has 6 rings (SSSR count). The number of likely N-dealkylation sites (tertiary alicyclic amines) is 2. The number of hydrogen-bond donors (Lipinski definition) is 2. The van der Waals surface area contributed by atoms with Gasteiger partial charge in [-0.2, -0.15) is 0 Å². The highest BCUT2D eigenvalue weighted by Crippen LogP contribution is 2.55. The standard InChI is InChI=1S/C31H41ClN4O4/c1-19-7-6-8-23(20(19)2)34-29(38)27-31-14-13-24(40-31)25(28(37)33-22-11-9-21(32)10-12-22)26(31)30(39)36(27)18-17-35-15-4-3-5-16-35/h9-14,19-20,23-27H,3-8,15-18H2,1-2H3,(H,33,37)(H,34,38)/t19-,20-,23+,24+,25-,26+,27+,31+/m1/s1. The maximum atomic E-state index is 14.2. The molecule has 0 radical (unpaired) electrons. The predicted octanol–water partition coefficient (Wildman–Crippen LogP) is 3.86. The van der Waals surface area contributed by atoms with Crippen LogP contribution in [0, 0.1) is 23.7 Å². The van der Waals surface area contributed by atoms with Crippen LogP contribution in [0.1, 0.15) is 52.4 Å². The van der Waals surface area contributed by atoms with Crippen molar-refractivity contribution in [2.24, 2.45) is 23.7 Å². The molecule has 3 amide bonds. The van der Waals surface area contributed by atoms with E-state index in [1.165, 1.54) is 12.8 Å². The van der Waals surface area contributed by atoms with Crippen molar-refractivity contribution < 1.29 is 19.1 Å². The first-order valence-corrected chi connectivity index (χ1v) is 15.4. The van der Waals surface area contributed by atoms with Crippen LogP contribution in [-0.2, 0) is 19.1 Å². The molecule has 0 aromatic heterocycles. The van der Waals surface area contributed by atoms with Crippen LogP contribution in [0.3, 0.4) is 0 Å². The summed E-state index contributed by atoms with van der Waals surface area (Å²) in [6, 6.07) is 6.18. The second kappa shape index (κ2) is 11.1. The van der Waals surface area contributed by atoms with Crippen molar-refractivity contribution in [3.8, 4) is 0 Å². The molecule has 4 heterocycles. The fraction of sp³-hybridized carbons (Fsp3) is 0.645. The molecule has 2 N–H and O–H groups in total. The van der Waals surface area contributed by atoms with Gasteiger partial charge in [-0.25, -0.2) is 0 Å². The van der Waals surface area contributed by atoms with E-state index in [4.69, 9.17) is 16.3 Å². The Labute approximate surface area is 241 Å². The predicted molar refractivity (Wildman–Crippen MR) is 154 cm³/mol. The molecule has 216 valence electrons. The van der Waals surface area contributed by atoms with Gasteiger partial charge in [-0.15, -0.1) is 0 Å². The average Bonchev–Trinajstić information content (AvgIpc) is 3.59. The second-order valence-electron chi connectivity index (χ2n) is 12.5. The molecule has 8 atom stereocenters. The smallest absolute Gasteiger partial charge is 0.246 e. The minimum Gasteiger partial charge on any atom is -0.359 e. The SMILES string of the molecule is C[C@@H]1[C@H](C)CCC[C@@H]1NC(=O)[C@@H]1N(CCN2CCCCC2)C(=O)[C@@H]2[C@H](C(=O)Nc3ccc(Cl)cc3)[C@@H]3C=C[C@]21O3. The molecular weight excluding hydrogens is 528 g/mol. The summed E-state index contributed by atoms with van der Waals surface area (Å²) in [6.07, 6.45) is 9.95. The Balaban J connectivity index is 1.27. The van der Waals surface area contributed by atoms with Crippen molar-refractivity contribution in [1.29, 1.82) is 0 Å². The molecule has 1 saturated carbocycles. The van der Waals surface area contributed by atoms with Gasteiger partial charge in [0.15, 0.2) is 0 Å². The number of fused-ring (bicyclic) bond motifs is 1. The molecule has 0 unspecified atom stereocenters. The molecule has 40 heavy (non-hydrogen) atoms. The van der Waals surface area contributed by atoms with E-state index in [0.717, 1.165) is 38.8 Å². The van der Waals surface area contributed by atoms with E-state index in [1.54, 1.807) is 29.2 Å². The van der Waals surface area contributed by atoms with Gasteiger partial charge in [0, 0.05) is 29.8 Å². The number of benzene rings is 1. The fourth-order valence-corrected chi connectivity index (χ4v) is 7.87. The van der Waals surface area contributed by atoms with Gasteiger partial charge in [0.25, 0.3) is 0 Å². The van der Waals surface area contributed by atoms with Crippen molar-refractivity contribution in [3.05, 3.63) is 41.4 Å². The summed E-state index contributed by atoms with van der Waals surface area (Å²) in [5.74, 6) is -1.16. The van der Waals surface area contributed by atoms with Gasteiger partial charge in [0.1, 0.15) is 11.6 Å². The minimum atomic E-state index is -1.14. The van der Waals surface area contributed by atoms with Gasteiger partial charge in [0.2, 0.25) is 17.7 Å². The Morgan fingerprint density at radius 3 is 2.52 bits per heavy atom. The summed E-state index contributed by atoms with van der Waals surface area (Å²) in [4.78, 5) is 46.1. The van der Waals surface area contributed by atoms with Crippen LogP contribution in [-0.4, -0.2) is 77.5 Å². The van der Waals surface area contributed by atoms with E-state index in [9.17, 15) is 14.4 Å². The first-order valence-electron chi connectivity index (χ1n) is 15.1. The topological polar surface area (TPSA) is 91.0 Å². The Kier molecular flexibility index (Phi) is 7.70. The molecule has 1 aliphatic carbocycles. The summed E-state index contributed by atoms with van der Waals surface area (Å²) >= 11 is 6.02. The Bertz CT molecular complexity index is 1170. The minimum absolute atomic E-state index is 0.0670. The lowest BCUT2D eigenvalue weighted by molar-refractivity contribution is -0.142. The lowest BCUT2D eigenvalue weighted by Crippen LogP contribution is -2.58. The summed E-state index contributed by atoms with van der Waals surface area (Å²) in [5, 5.41) is 6.87. The normalized spacial score (nSPS) is 37.0. The number of carbonyl (C=O) groups is 3. The number of amides is 3. The molecule has 1 spiro atoms. The monoisotopic (exact) mass is 568 g/mol. The molecular formula is C31H41ClN4O4. The van der Waals surface area contributed by atoms with Gasteiger partial charge in [-0.05, 0) is 68.5 Å². The number of anilines is 1. The first kappa shape index (κ1) is 27.7. The second-order valence-corrected chi connectivity index (χ2v) is 13.0. The van der Waals surface area contributed by atoms with E-state index in [2.05, 4.69) is 29.4 Å². The zero-order valence-corrected chi connectivity index (χ0v) is 24.2. The lowest BCUT2D eigenvalue weighted by atomic mass is 9.73. The van der Waals surface area contributed by atoms with Crippen molar-refractivity contribution in [1.82, 2.24) is 15.1 Å². The molecule has 8 nitrogen and oxygen atoms in total. The van der Waals surface area contributed by atoms with Gasteiger partial charge >= 0.3 is 0 Å². The molecule has 9 heteroatoms. The number of rotatable bonds is 7. The zero-order valence-electron chi connectivity index (χ0n) is 23.5. The van der Waals surface area contributed by atoms with Crippen LogP contribution < -0.4 is 10.6 Å². The summed E-state index contributed by atoms with van der Waals surface area (Å²) < 4.78 is 6.51. The van der Waals surface area contributed by atoms with Crippen molar-refractivity contribution in [3.63, 3.8) is 0 Å². The van der Waals surface area contributed by atoms with Crippen molar-refractivity contribution >= 4 is 35.0 Å². The van der Waals surface area contributed by atoms with Crippen molar-refractivity contribution in [2.45, 2.75) is 76.2 Å². The number of nitrogens with one attached hydrogen (secondary N) is 2. The highest BCUT2D eigenvalue weighted by atomic mass is 35.5. The van der Waals surface area contributed by atoms with Gasteiger partial charge in [0.05, 0.1) is 17.9 Å². The van der Waals surface area contributed by atoms with Crippen molar-refractivity contribution in [2.75, 3.05) is 31.5 Å². The third kappa shape index (κ3) is 4.86. The van der Waals surface area contributed by atoms with Crippen LogP contribution in [0.4, 0.5) is 5.69 Å². The van der Waals surface area contributed by atoms with Crippen LogP contribution in [0.2, 0.25) is 5.02 Å². The highest BCUT2D eigenvalue weighted by molar-refractivity contribution is 6.30. The van der Waals surface area contributed by atoms with E-state index < -0.39 is 29.6 Å². The maximum Gasteiger partial charge on any atom is 0.246 e. The molecule has 1 aromatic carbocycles. The Morgan fingerprint density at radius 2 is 1.77 bits per heavy atom. The number of hydrogen-bond acceptors (Lipinski definition) is 5. The highest BCUT2D eigenvalue weighted by Gasteiger charge is 2.72. The molecule has 4 aliphatic heterocycles. The van der Waals surface area contributed by atoms with Gasteiger partial charge in [-0.1, -0.05) is 56.9 Å². The van der Waals surface area contributed by atoms with E-state index in [0.29, 0.717) is 35.6 Å². The van der Waals surface area contributed by atoms with Crippen LogP contribution >= 0.6 is 11.6 Å². The average molecular weight is 569 g/mol. The molecule has 2 bridgehead atoms. The van der Waals surface area contributed by atoms with Gasteiger partial charge < -0.3 is 25.2 Å². The third-order valence-corrected chi connectivity index (χ3v) is 10.4. The molecule has 1 aromatic rings. The van der Waals surface area contributed by atoms with E-state index in [1.807, 2.05) is 12.2 Å². The number of piperidine rings is 1. The van der Waals surface area contributed by atoms with E-state index in [-0.39, 0.29) is 23.8 Å². The number of halogens is 1. The summed E-state index contributed by atoms with van der Waals surface area (Å²) in [5.41, 5.74) is -0.531. The Morgan fingerprint density at radius 1 is 1.02 bits per heavy atom. The first-order chi connectivity index (χ1) is 19.3. The van der Waals surface area contributed by atoms with Crippen LogP contribution in [0.5, 0.6) is 0 Å². The Hall–Kier alpha value is -2.42. The summed E-state index contributed by atoms with van der Waals surface area (Å²) in [7, 11) is 0. The zero-order chi connectivity index (χ0) is 28.0. The lowest BCUT2D eigenvalue weighted by Gasteiger charge is -2.38. The fourth-order valence-electron chi connectivity index (χ4n) is 7.75.